The van der Waals surface area contributed by atoms with Crippen LogP contribution in [-0.2, 0) is 4.79 Å². The standard InChI is InChI=1S/C22H25NO4/c1-4-15-26-19-10-5-17(6-11-19)7-14-21(24)18-8-12-20(13-9-18)27-16-22(25)23(2)3/h5-14H,4,15-16H2,1-3H3/b14-7+. The lowest BCUT2D eigenvalue weighted by Crippen LogP contribution is -2.27. The quantitative estimate of drug-likeness (QED) is 0.499. The third-order valence-electron chi connectivity index (χ3n) is 3.78. The zero-order valence-corrected chi connectivity index (χ0v) is 16.0. The number of ketones is 1. The van der Waals surface area contributed by atoms with E-state index in [0.717, 1.165) is 17.7 Å². The Morgan fingerprint density at radius 3 is 2.11 bits per heavy atom. The van der Waals surface area contributed by atoms with Crippen LogP contribution >= 0.6 is 0 Å². The van der Waals surface area contributed by atoms with E-state index in [1.165, 1.54) is 11.0 Å². The van der Waals surface area contributed by atoms with Gasteiger partial charge >= 0.3 is 0 Å². The molecule has 27 heavy (non-hydrogen) atoms. The molecule has 0 fully saturated rings. The normalized spacial score (nSPS) is 10.6. The summed E-state index contributed by atoms with van der Waals surface area (Å²) in [7, 11) is 3.34. The number of amides is 1. The first-order valence-electron chi connectivity index (χ1n) is 8.88. The summed E-state index contributed by atoms with van der Waals surface area (Å²) in [5.74, 6) is 1.15. The molecule has 0 aliphatic carbocycles. The number of rotatable bonds is 9. The molecular weight excluding hydrogens is 342 g/mol. The zero-order chi connectivity index (χ0) is 19.6. The number of allylic oxidation sites excluding steroid dienone is 1. The van der Waals surface area contributed by atoms with Crippen molar-refractivity contribution < 1.29 is 19.1 Å². The number of hydrogen-bond acceptors (Lipinski definition) is 4. The van der Waals surface area contributed by atoms with Crippen LogP contribution in [0.3, 0.4) is 0 Å². The Morgan fingerprint density at radius 2 is 1.52 bits per heavy atom. The molecule has 2 aromatic rings. The molecule has 5 heteroatoms. The van der Waals surface area contributed by atoms with E-state index in [9.17, 15) is 9.59 Å². The molecule has 1 amide bonds. The molecule has 2 rings (SSSR count). The molecule has 0 saturated carbocycles. The van der Waals surface area contributed by atoms with Crippen molar-refractivity contribution in [3.05, 3.63) is 65.7 Å². The Hall–Kier alpha value is -3.08. The first-order valence-corrected chi connectivity index (χ1v) is 8.88. The van der Waals surface area contributed by atoms with Crippen molar-refractivity contribution in [3.63, 3.8) is 0 Å². The Morgan fingerprint density at radius 1 is 0.926 bits per heavy atom. The minimum absolute atomic E-state index is 0.0296. The molecule has 0 aromatic heterocycles. The smallest absolute Gasteiger partial charge is 0.259 e. The summed E-state index contributed by atoms with van der Waals surface area (Å²) >= 11 is 0. The molecular formula is C22H25NO4. The number of likely N-dealkylation sites (N-methyl/N-ethyl adjacent to an activating group) is 1. The number of nitrogens with zero attached hydrogens (tertiary/aromatic N) is 1. The van der Waals surface area contributed by atoms with Gasteiger partial charge in [-0.1, -0.05) is 25.1 Å². The van der Waals surface area contributed by atoms with Gasteiger partial charge in [0.1, 0.15) is 11.5 Å². The summed E-state index contributed by atoms with van der Waals surface area (Å²) in [4.78, 5) is 25.3. The van der Waals surface area contributed by atoms with Crippen LogP contribution < -0.4 is 9.47 Å². The van der Waals surface area contributed by atoms with Crippen LogP contribution in [0.5, 0.6) is 11.5 Å². The van der Waals surface area contributed by atoms with Gasteiger partial charge in [-0.3, -0.25) is 9.59 Å². The van der Waals surface area contributed by atoms with Gasteiger partial charge in [0, 0.05) is 19.7 Å². The summed E-state index contributed by atoms with van der Waals surface area (Å²) in [6, 6.07) is 14.3. The topological polar surface area (TPSA) is 55.8 Å². The molecule has 0 N–H and O–H groups in total. The molecule has 142 valence electrons. The van der Waals surface area contributed by atoms with Gasteiger partial charge in [0.05, 0.1) is 6.61 Å². The highest BCUT2D eigenvalue weighted by molar-refractivity contribution is 6.06. The number of ether oxygens (including phenoxy) is 2. The van der Waals surface area contributed by atoms with E-state index in [1.807, 2.05) is 24.3 Å². The van der Waals surface area contributed by atoms with Gasteiger partial charge in [-0.15, -0.1) is 0 Å². The van der Waals surface area contributed by atoms with Crippen LogP contribution in [0.1, 0.15) is 29.3 Å². The van der Waals surface area contributed by atoms with Gasteiger partial charge in [0.2, 0.25) is 0 Å². The molecule has 0 saturated heterocycles. The van der Waals surface area contributed by atoms with Crippen molar-refractivity contribution in [2.75, 3.05) is 27.3 Å². The fourth-order valence-corrected chi connectivity index (χ4v) is 2.15. The molecule has 0 spiro atoms. The van der Waals surface area contributed by atoms with Crippen LogP contribution in [0.2, 0.25) is 0 Å². The molecule has 0 aliphatic rings. The highest BCUT2D eigenvalue weighted by Crippen LogP contribution is 2.15. The Labute approximate surface area is 160 Å². The van der Waals surface area contributed by atoms with Gasteiger partial charge in [-0.2, -0.15) is 0 Å². The molecule has 2 aromatic carbocycles. The van der Waals surface area contributed by atoms with E-state index in [0.29, 0.717) is 17.9 Å². The summed E-state index contributed by atoms with van der Waals surface area (Å²) in [6.07, 6.45) is 4.27. The number of benzene rings is 2. The fourth-order valence-electron chi connectivity index (χ4n) is 2.15. The van der Waals surface area contributed by atoms with Gasteiger partial charge < -0.3 is 14.4 Å². The second kappa shape index (κ2) is 10.2. The average molecular weight is 367 g/mol. The maximum absolute atomic E-state index is 12.3. The number of hydrogen-bond donors (Lipinski definition) is 0. The fraction of sp³-hybridized carbons (Fsp3) is 0.273. The zero-order valence-electron chi connectivity index (χ0n) is 16.0. The van der Waals surface area contributed by atoms with E-state index >= 15 is 0 Å². The lowest BCUT2D eigenvalue weighted by Gasteiger charge is -2.11. The molecule has 0 bridgehead atoms. The lowest BCUT2D eigenvalue weighted by atomic mass is 10.1. The minimum Gasteiger partial charge on any atom is -0.494 e. The summed E-state index contributed by atoms with van der Waals surface area (Å²) in [5, 5.41) is 0. The Bertz CT molecular complexity index is 777. The molecule has 5 nitrogen and oxygen atoms in total. The van der Waals surface area contributed by atoms with Crippen LogP contribution in [0.15, 0.2) is 54.6 Å². The van der Waals surface area contributed by atoms with E-state index < -0.39 is 0 Å². The van der Waals surface area contributed by atoms with Crippen LogP contribution in [0, 0.1) is 0 Å². The SMILES string of the molecule is CCCOc1ccc(/C=C/C(=O)c2ccc(OCC(=O)N(C)C)cc2)cc1. The van der Waals surface area contributed by atoms with Gasteiger partial charge in [0.15, 0.2) is 12.4 Å². The van der Waals surface area contributed by atoms with Crippen molar-refractivity contribution in [3.8, 4) is 11.5 Å². The molecule has 0 aliphatic heterocycles. The second-order valence-electron chi connectivity index (χ2n) is 6.22. The van der Waals surface area contributed by atoms with Crippen molar-refractivity contribution >= 4 is 17.8 Å². The van der Waals surface area contributed by atoms with Crippen molar-refractivity contribution in [2.24, 2.45) is 0 Å². The highest BCUT2D eigenvalue weighted by Gasteiger charge is 2.06. The molecule has 0 atom stereocenters. The maximum atomic E-state index is 12.3. The molecule has 0 radical (unpaired) electrons. The van der Waals surface area contributed by atoms with Crippen molar-refractivity contribution in [1.29, 1.82) is 0 Å². The van der Waals surface area contributed by atoms with E-state index in [4.69, 9.17) is 9.47 Å². The van der Waals surface area contributed by atoms with Crippen LogP contribution in [0.4, 0.5) is 0 Å². The first-order chi connectivity index (χ1) is 13.0. The highest BCUT2D eigenvalue weighted by atomic mass is 16.5. The monoisotopic (exact) mass is 367 g/mol. The summed E-state index contributed by atoms with van der Waals surface area (Å²) in [5.41, 5.74) is 1.48. The maximum Gasteiger partial charge on any atom is 0.259 e. The third kappa shape index (κ3) is 6.62. The van der Waals surface area contributed by atoms with E-state index in [2.05, 4.69) is 6.92 Å². The van der Waals surface area contributed by atoms with E-state index in [-0.39, 0.29) is 18.3 Å². The van der Waals surface area contributed by atoms with Gasteiger partial charge in [-0.25, -0.2) is 0 Å². The second-order valence-corrected chi connectivity index (χ2v) is 6.22. The lowest BCUT2D eigenvalue weighted by molar-refractivity contribution is -0.130. The van der Waals surface area contributed by atoms with Crippen molar-refractivity contribution in [2.45, 2.75) is 13.3 Å². The molecule has 0 unspecified atom stereocenters. The number of carbonyl (C=O) groups is 2. The van der Waals surface area contributed by atoms with E-state index in [1.54, 1.807) is 44.4 Å². The molecule has 0 heterocycles. The largest absolute Gasteiger partial charge is 0.494 e. The van der Waals surface area contributed by atoms with Crippen LogP contribution in [-0.4, -0.2) is 43.9 Å². The van der Waals surface area contributed by atoms with Gasteiger partial charge in [-0.05, 0) is 54.5 Å². The Kier molecular flexibility index (Phi) is 7.62. The third-order valence-corrected chi connectivity index (χ3v) is 3.78. The van der Waals surface area contributed by atoms with Crippen LogP contribution in [0.25, 0.3) is 6.08 Å². The number of carbonyl (C=O) groups excluding carboxylic acids is 2. The summed E-state index contributed by atoms with van der Waals surface area (Å²) in [6.45, 7) is 2.72. The first kappa shape index (κ1) is 20.2. The summed E-state index contributed by atoms with van der Waals surface area (Å²) < 4.78 is 10.9. The minimum atomic E-state index is -0.121. The van der Waals surface area contributed by atoms with Gasteiger partial charge in [0.25, 0.3) is 5.91 Å². The predicted molar refractivity (Wildman–Crippen MR) is 106 cm³/mol. The predicted octanol–water partition coefficient (Wildman–Crippen LogP) is 3.84. The Balaban J connectivity index is 1.91. The van der Waals surface area contributed by atoms with Crippen molar-refractivity contribution in [1.82, 2.24) is 4.90 Å². The average Bonchev–Trinajstić information content (AvgIpc) is 2.69.